The minimum Gasteiger partial charge on any atom is -0.497 e. The molecule has 0 fully saturated rings. The van der Waals surface area contributed by atoms with Gasteiger partial charge in [0, 0.05) is 20.2 Å². The molecule has 2 rings (SSSR count). The molecule has 0 spiro atoms. The number of urea groups is 1. The van der Waals surface area contributed by atoms with Gasteiger partial charge < -0.3 is 20.1 Å². The highest BCUT2D eigenvalue weighted by Crippen LogP contribution is 2.21. The van der Waals surface area contributed by atoms with Crippen LogP contribution in [0, 0.1) is 0 Å². The topological polar surface area (TPSA) is 59.6 Å². The number of rotatable bonds is 6. The molecule has 0 aromatic heterocycles. The molecule has 0 unspecified atom stereocenters. The normalized spacial score (nSPS) is 10.4. The first-order chi connectivity index (χ1) is 10.2. The fraction of sp³-hybridized carbons (Fsp3) is 0.312. The SMILES string of the molecule is COCCNC(=O)NCc1ccc2cc(OC)ccc2c1. The average Bonchev–Trinajstić information content (AvgIpc) is 2.52. The predicted octanol–water partition coefficient (Wildman–Crippen LogP) is 2.29. The molecule has 0 atom stereocenters. The molecule has 21 heavy (non-hydrogen) atoms. The van der Waals surface area contributed by atoms with Crippen molar-refractivity contribution in [2.75, 3.05) is 27.4 Å². The van der Waals surface area contributed by atoms with Gasteiger partial charge in [0.1, 0.15) is 5.75 Å². The smallest absolute Gasteiger partial charge is 0.315 e. The number of benzene rings is 2. The molecule has 2 amide bonds. The van der Waals surface area contributed by atoms with Gasteiger partial charge in [-0.2, -0.15) is 0 Å². The number of hydrogen-bond donors (Lipinski definition) is 2. The van der Waals surface area contributed by atoms with Crippen LogP contribution < -0.4 is 15.4 Å². The van der Waals surface area contributed by atoms with Crippen molar-refractivity contribution in [1.29, 1.82) is 0 Å². The molecule has 2 N–H and O–H groups in total. The van der Waals surface area contributed by atoms with Gasteiger partial charge in [0.15, 0.2) is 0 Å². The summed E-state index contributed by atoms with van der Waals surface area (Å²) in [7, 11) is 3.26. The van der Waals surface area contributed by atoms with E-state index in [1.807, 2.05) is 30.3 Å². The second kappa shape index (κ2) is 7.50. The second-order valence-electron chi connectivity index (χ2n) is 4.65. The summed E-state index contributed by atoms with van der Waals surface area (Å²) in [5.74, 6) is 0.839. The monoisotopic (exact) mass is 288 g/mol. The van der Waals surface area contributed by atoms with Crippen molar-refractivity contribution >= 4 is 16.8 Å². The van der Waals surface area contributed by atoms with E-state index in [0.717, 1.165) is 22.1 Å². The Kier molecular flexibility index (Phi) is 5.40. The van der Waals surface area contributed by atoms with Crippen LogP contribution in [0.4, 0.5) is 4.79 Å². The Morgan fingerprint density at radius 3 is 2.57 bits per heavy atom. The van der Waals surface area contributed by atoms with E-state index in [2.05, 4.69) is 16.7 Å². The van der Waals surface area contributed by atoms with Crippen molar-refractivity contribution in [2.24, 2.45) is 0 Å². The molecule has 0 saturated carbocycles. The first kappa shape index (κ1) is 15.1. The van der Waals surface area contributed by atoms with E-state index < -0.39 is 0 Å². The zero-order valence-electron chi connectivity index (χ0n) is 12.3. The molecule has 0 aliphatic carbocycles. The predicted molar refractivity (Wildman–Crippen MR) is 82.6 cm³/mol. The van der Waals surface area contributed by atoms with Gasteiger partial charge in [-0.15, -0.1) is 0 Å². The van der Waals surface area contributed by atoms with Gasteiger partial charge in [-0.25, -0.2) is 4.79 Å². The van der Waals surface area contributed by atoms with Gasteiger partial charge in [0.2, 0.25) is 0 Å². The maximum atomic E-state index is 11.5. The van der Waals surface area contributed by atoms with E-state index in [1.165, 1.54) is 0 Å². The van der Waals surface area contributed by atoms with Crippen molar-refractivity contribution in [3.8, 4) is 5.75 Å². The van der Waals surface area contributed by atoms with Crippen LogP contribution in [-0.4, -0.2) is 33.4 Å². The van der Waals surface area contributed by atoms with Crippen molar-refractivity contribution in [3.63, 3.8) is 0 Å². The Labute approximate surface area is 124 Å². The molecule has 0 aliphatic heterocycles. The highest BCUT2D eigenvalue weighted by atomic mass is 16.5. The first-order valence-corrected chi connectivity index (χ1v) is 6.80. The number of hydrogen-bond acceptors (Lipinski definition) is 3. The van der Waals surface area contributed by atoms with Crippen LogP contribution in [0.2, 0.25) is 0 Å². The molecule has 5 heteroatoms. The fourth-order valence-electron chi connectivity index (χ4n) is 2.02. The van der Waals surface area contributed by atoms with Crippen molar-refractivity contribution < 1.29 is 14.3 Å². The maximum absolute atomic E-state index is 11.5. The summed E-state index contributed by atoms with van der Waals surface area (Å²) >= 11 is 0. The number of fused-ring (bicyclic) bond motifs is 1. The molecule has 2 aromatic rings. The summed E-state index contributed by atoms with van der Waals surface area (Å²) in [6, 6.07) is 11.8. The van der Waals surface area contributed by atoms with Crippen LogP contribution in [0.15, 0.2) is 36.4 Å². The van der Waals surface area contributed by atoms with Crippen molar-refractivity contribution in [2.45, 2.75) is 6.54 Å². The lowest BCUT2D eigenvalue weighted by Gasteiger charge is -2.08. The largest absolute Gasteiger partial charge is 0.497 e. The Hall–Kier alpha value is -2.27. The highest BCUT2D eigenvalue weighted by Gasteiger charge is 2.02. The molecule has 2 aromatic carbocycles. The summed E-state index contributed by atoms with van der Waals surface area (Å²) in [5.41, 5.74) is 1.05. The molecule has 0 saturated heterocycles. The van der Waals surface area contributed by atoms with E-state index in [0.29, 0.717) is 19.7 Å². The maximum Gasteiger partial charge on any atom is 0.315 e. The molecule has 0 heterocycles. The zero-order chi connectivity index (χ0) is 15.1. The highest BCUT2D eigenvalue weighted by molar-refractivity contribution is 5.84. The Balaban J connectivity index is 1.95. The van der Waals surface area contributed by atoms with Gasteiger partial charge >= 0.3 is 6.03 Å². The summed E-state index contributed by atoms with van der Waals surface area (Å²) in [5, 5.41) is 7.76. The fourth-order valence-corrected chi connectivity index (χ4v) is 2.02. The van der Waals surface area contributed by atoms with Crippen LogP contribution in [0.5, 0.6) is 5.75 Å². The lowest BCUT2D eigenvalue weighted by Crippen LogP contribution is -2.36. The molecule has 0 radical (unpaired) electrons. The van der Waals surface area contributed by atoms with Crippen LogP contribution >= 0.6 is 0 Å². The summed E-state index contributed by atoms with van der Waals surface area (Å²) in [6.07, 6.45) is 0. The Morgan fingerprint density at radius 1 is 1.05 bits per heavy atom. The Bertz CT molecular complexity index is 613. The lowest BCUT2D eigenvalue weighted by atomic mass is 10.1. The van der Waals surface area contributed by atoms with Crippen molar-refractivity contribution in [3.05, 3.63) is 42.0 Å². The number of amides is 2. The van der Waals surface area contributed by atoms with Crippen LogP contribution in [0.25, 0.3) is 10.8 Å². The van der Waals surface area contributed by atoms with Crippen LogP contribution in [-0.2, 0) is 11.3 Å². The number of methoxy groups -OCH3 is 2. The van der Waals surface area contributed by atoms with Gasteiger partial charge in [-0.3, -0.25) is 0 Å². The minimum absolute atomic E-state index is 0.193. The third kappa shape index (κ3) is 4.36. The van der Waals surface area contributed by atoms with E-state index in [4.69, 9.17) is 9.47 Å². The van der Waals surface area contributed by atoms with E-state index in [-0.39, 0.29) is 6.03 Å². The number of carbonyl (C=O) groups excluding carboxylic acids is 1. The third-order valence-corrected chi connectivity index (χ3v) is 3.16. The average molecular weight is 288 g/mol. The molecule has 5 nitrogen and oxygen atoms in total. The quantitative estimate of drug-likeness (QED) is 0.802. The lowest BCUT2D eigenvalue weighted by molar-refractivity contribution is 0.196. The molecule has 0 bridgehead atoms. The number of nitrogens with one attached hydrogen (secondary N) is 2. The van der Waals surface area contributed by atoms with E-state index in [9.17, 15) is 4.79 Å². The van der Waals surface area contributed by atoms with Gasteiger partial charge in [0.05, 0.1) is 13.7 Å². The molecule has 112 valence electrons. The number of ether oxygens (including phenoxy) is 2. The summed E-state index contributed by atoms with van der Waals surface area (Å²) in [4.78, 5) is 11.5. The summed E-state index contributed by atoms with van der Waals surface area (Å²) < 4.78 is 10.1. The van der Waals surface area contributed by atoms with E-state index >= 15 is 0 Å². The minimum atomic E-state index is -0.193. The Morgan fingerprint density at radius 2 is 1.81 bits per heavy atom. The van der Waals surface area contributed by atoms with E-state index in [1.54, 1.807) is 14.2 Å². The number of carbonyl (C=O) groups is 1. The molecular formula is C16H20N2O3. The van der Waals surface area contributed by atoms with Crippen LogP contribution in [0.1, 0.15) is 5.56 Å². The standard InChI is InChI=1S/C16H20N2O3/c1-20-8-7-17-16(19)18-11-12-3-4-14-10-15(21-2)6-5-13(14)9-12/h3-6,9-10H,7-8,11H2,1-2H3,(H2,17,18,19). The van der Waals surface area contributed by atoms with Gasteiger partial charge in [-0.05, 0) is 34.5 Å². The van der Waals surface area contributed by atoms with Gasteiger partial charge in [0.25, 0.3) is 0 Å². The third-order valence-electron chi connectivity index (χ3n) is 3.16. The molecular weight excluding hydrogens is 268 g/mol. The van der Waals surface area contributed by atoms with Gasteiger partial charge in [-0.1, -0.05) is 18.2 Å². The van der Waals surface area contributed by atoms with Crippen LogP contribution in [0.3, 0.4) is 0 Å². The van der Waals surface area contributed by atoms with Crippen molar-refractivity contribution in [1.82, 2.24) is 10.6 Å². The zero-order valence-corrected chi connectivity index (χ0v) is 12.3. The second-order valence-corrected chi connectivity index (χ2v) is 4.65. The molecule has 0 aliphatic rings. The first-order valence-electron chi connectivity index (χ1n) is 6.80. The summed E-state index contributed by atoms with van der Waals surface area (Å²) in [6.45, 7) is 1.49.